The molecule has 3 aliphatic rings. The van der Waals surface area contributed by atoms with Crippen LogP contribution in [0, 0.1) is 11.3 Å². The van der Waals surface area contributed by atoms with Crippen LogP contribution in [0.4, 0.5) is 13.2 Å². The largest absolute Gasteiger partial charge is 0.458 e. The molecule has 5 atom stereocenters. The first kappa shape index (κ1) is 17.5. The zero-order valence-corrected chi connectivity index (χ0v) is 14.0. The summed E-state index contributed by atoms with van der Waals surface area (Å²) in [5.74, 6) is -1.16. The Kier molecular flexibility index (Phi) is 4.09. The molecule has 1 amide bonds. The first-order chi connectivity index (χ1) is 11.0. The molecule has 0 aromatic heterocycles. The summed E-state index contributed by atoms with van der Waals surface area (Å²) in [5.41, 5.74) is -0.699. The summed E-state index contributed by atoms with van der Waals surface area (Å²) < 4.78 is 43.5. The molecule has 3 heterocycles. The lowest BCUT2D eigenvalue weighted by Crippen LogP contribution is -2.58. The highest BCUT2D eigenvalue weighted by atomic mass is 19.4. The van der Waals surface area contributed by atoms with Gasteiger partial charge >= 0.3 is 12.1 Å². The number of nitrogens with one attached hydrogen (secondary N) is 1. The number of esters is 1. The molecule has 0 radical (unpaired) electrons. The van der Waals surface area contributed by atoms with E-state index in [-0.39, 0.29) is 18.0 Å². The summed E-state index contributed by atoms with van der Waals surface area (Å²) in [5, 5.41) is 3.32. The van der Waals surface area contributed by atoms with Gasteiger partial charge < -0.3 is 15.0 Å². The van der Waals surface area contributed by atoms with Crippen molar-refractivity contribution in [3.63, 3.8) is 0 Å². The Labute approximate surface area is 138 Å². The van der Waals surface area contributed by atoms with Crippen molar-refractivity contribution in [2.24, 2.45) is 11.3 Å². The first-order valence-electron chi connectivity index (χ1n) is 8.29. The van der Waals surface area contributed by atoms with E-state index in [1.807, 2.05) is 0 Å². The number of hydrogen-bond donors (Lipinski definition) is 1. The molecule has 136 valence electrons. The molecule has 1 N–H and O–H groups in total. The number of rotatable bonds is 2. The number of halogens is 3. The average Bonchev–Trinajstić information content (AvgIpc) is 2.57. The Morgan fingerprint density at radius 3 is 2.38 bits per heavy atom. The molecule has 0 aromatic rings. The first-order valence-corrected chi connectivity index (χ1v) is 8.29. The molecule has 0 spiro atoms. The molecule has 1 unspecified atom stereocenters. The fraction of sp³-hybridized carbons (Fsp3) is 0.875. The minimum absolute atomic E-state index is 0.0891. The van der Waals surface area contributed by atoms with Crippen molar-refractivity contribution in [2.75, 3.05) is 6.54 Å². The third-order valence-corrected chi connectivity index (χ3v) is 5.09. The highest BCUT2D eigenvalue weighted by Crippen LogP contribution is 2.42. The van der Waals surface area contributed by atoms with Crippen molar-refractivity contribution >= 4 is 11.9 Å². The summed E-state index contributed by atoms with van der Waals surface area (Å²) in [6.45, 7) is 5.51. The number of carbonyl (C=O) groups is 2. The Bertz CT molecular complexity index is 544. The van der Waals surface area contributed by atoms with Gasteiger partial charge in [0.2, 0.25) is 5.91 Å². The maximum atomic E-state index is 12.6. The van der Waals surface area contributed by atoms with E-state index < -0.39 is 42.0 Å². The molecule has 3 bridgehead atoms. The maximum absolute atomic E-state index is 12.6. The number of hydrogen-bond acceptors (Lipinski definition) is 4. The highest BCUT2D eigenvalue weighted by molar-refractivity contribution is 5.78. The number of piperidine rings is 2. The molecule has 0 aliphatic carbocycles. The number of alkyl halides is 3. The van der Waals surface area contributed by atoms with Crippen molar-refractivity contribution in [1.29, 1.82) is 0 Å². The second-order valence-corrected chi connectivity index (χ2v) is 8.17. The van der Waals surface area contributed by atoms with Gasteiger partial charge in [-0.1, -0.05) is 0 Å². The summed E-state index contributed by atoms with van der Waals surface area (Å²) in [6.07, 6.45) is -5.05. The molecular weight excluding hydrogens is 325 g/mol. The molecule has 24 heavy (non-hydrogen) atoms. The van der Waals surface area contributed by atoms with Crippen LogP contribution in [-0.2, 0) is 14.3 Å². The molecule has 0 aromatic carbocycles. The van der Waals surface area contributed by atoms with Gasteiger partial charge in [0.15, 0.2) is 0 Å². The number of likely N-dealkylation sites (tertiary alicyclic amines) is 1. The van der Waals surface area contributed by atoms with Crippen molar-refractivity contribution in [1.82, 2.24) is 10.2 Å². The van der Waals surface area contributed by atoms with Gasteiger partial charge in [-0.15, -0.1) is 0 Å². The molecule has 5 nitrogen and oxygen atoms in total. The van der Waals surface area contributed by atoms with E-state index in [1.165, 1.54) is 4.90 Å². The van der Waals surface area contributed by atoms with Gasteiger partial charge in [-0.25, -0.2) is 0 Å². The second kappa shape index (κ2) is 5.61. The van der Waals surface area contributed by atoms with Crippen LogP contribution in [0.15, 0.2) is 0 Å². The Morgan fingerprint density at radius 2 is 1.79 bits per heavy atom. The van der Waals surface area contributed by atoms with Crippen LogP contribution in [0.5, 0.6) is 0 Å². The normalized spacial score (nSPS) is 35.2. The van der Waals surface area contributed by atoms with Gasteiger partial charge in [0, 0.05) is 18.6 Å². The number of amides is 1. The lowest BCUT2D eigenvalue weighted by atomic mass is 9.88. The van der Waals surface area contributed by atoms with Crippen molar-refractivity contribution < 1.29 is 27.5 Å². The van der Waals surface area contributed by atoms with Crippen LogP contribution < -0.4 is 5.32 Å². The van der Waals surface area contributed by atoms with Crippen molar-refractivity contribution in [2.45, 2.75) is 70.4 Å². The summed E-state index contributed by atoms with van der Waals surface area (Å²) in [7, 11) is 0. The molecule has 3 aliphatic heterocycles. The molecular formula is C16H23F3N2O3. The smallest absolute Gasteiger partial charge is 0.397 e. The fourth-order valence-corrected chi connectivity index (χ4v) is 4.10. The van der Waals surface area contributed by atoms with Gasteiger partial charge in [0.05, 0.1) is 11.5 Å². The minimum atomic E-state index is -4.53. The zero-order chi connectivity index (χ0) is 17.9. The van der Waals surface area contributed by atoms with Gasteiger partial charge in [0.1, 0.15) is 12.5 Å². The average molecular weight is 348 g/mol. The Hall–Kier alpha value is -1.31. The Balaban J connectivity index is 1.81. The fourth-order valence-electron chi connectivity index (χ4n) is 4.10. The Morgan fingerprint density at radius 1 is 1.17 bits per heavy atom. The van der Waals surface area contributed by atoms with Crippen LogP contribution in [-0.4, -0.2) is 53.7 Å². The van der Waals surface area contributed by atoms with Crippen LogP contribution in [0.2, 0.25) is 0 Å². The van der Waals surface area contributed by atoms with Crippen LogP contribution in [0.25, 0.3) is 0 Å². The van der Waals surface area contributed by atoms with Gasteiger partial charge in [0.25, 0.3) is 0 Å². The van der Waals surface area contributed by atoms with E-state index in [0.717, 1.165) is 6.42 Å². The number of carbonyl (C=O) groups excluding carboxylic acids is 2. The quantitative estimate of drug-likeness (QED) is 0.774. The van der Waals surface area contributed by atoms with Crippen LogP contribution >= 0.6 is 0 Å². The van der Waals surface area contributed by atoms with E-state index in [0.29, 0.717) is 13.0 Å². The van der Waals surface area contributed by atoms with Gasteiger partial charge in [-0.2, -0.15) is 13.2 Å². The lowest BCUT2D eigenvalue weighted by molar-refractivity contribution is -0.171. The van der Waals surface area contributed by atoms with E-state index >= 15 is 0 Å². The lowest BCUT2D eigenvalue weighted by Gasteiger charge is -2.42. The number of fused-ring (bicyclic) bond motifs is 2. The van der Waals surface area contributed by atoms with E-state index in [2.05, 4.69) is 5.32 Å². The monoisotopic (exact) mass is 348 g/mol. The predicted molar refractivity (Wildman–Crippen MR) is 78.9 cm³/mol. The number of ether oxygens (including phenoxy) is 1. The molecule has 3 rings (SSSR count). The number of nitrogens with zero attached hydrogens (tertiary/aromatic N) is 1. The van der Waals surface area contributed by atoms with E-state index in [4.69, 9.17) is 4.74 Å². The van der Waals surface area contributed by atoms with Crippen molar-refractivity contribution in [3.8, 4) is 0 Å². The van der Waals surface area contributed by atoms with Crippen LogP contribution in [0.3, 0.4) is 0 Å². The maximum Gasteiger partial charge on any atom is 0.397 e. The van der Waals surface area contributed by atoms with E-state index in [1.54, 1.807) is 20.8 Å². The highest BCUT2D eigenvalue weighted by Gasteiger charge is 2.57. The van der Waals surface area contributed by atoms with Crippen LogP contribution in [0.1, 0.15) is 40.0 Å². The SMILES string of the molecule is CC(C)(C)C(=O)O[C@@H]1C2[C@H]3C[C@H](C[C@@H]1N3)CN2C(=O)CC(F)(F)F. The zero-order valence-electron chi connectivity index (χ0n) is 14.0. The second-order valence-electron chi connectivity index (χ2n) is 8.17. The third-order valence-electron chi connectivity index (χ3n) is 5.09. The molecule has 3 saturated heterocycles. The summed E-state index contributed by atoms with van der Waals surface area (Å²) in [4.78, 5) is 25.7. The molecule has 0 saturated carbocycles. The van der Waals surface area contributed by atoms with Crippen molar-refractivity contribution in [3.05, 3.63) is 0 Å². The minimum Gasteiger partial charge on any atom is -0.458 e. The topological polar surface area (TPSA) is 58.6 Å². The third kappa shape index (κ3) is 3.25. The summed E-state index contributed by atoms with van der Waals surface area (Å²) in [6, 6.07) is -0.693. The van der Waals surface area contributed by atoms with E-state index in [9.17, 15) is 22.8 Å². The standard InChI is InChI=1S/C16H23F3N2O3/c1-15(2,3)14(23)24-13-10-5-8-4-9(20-10)12(13)21(7-8)11(22)6-16(17,18)19/h8-10,12-13,20H,4-7H2,1-3H3/t8-,9-,10+,12?,13+/m1/s1. The molecule has 3 fully saturated rings. The predicted octanol–water partition coefficient (Wildman–Crippen LogP) is 1.86. The molecule has 8 heteroatoms. The van der Waals surface area contributed by atoms with Gasteiger partial charge in [-0.05, 0) is 39.5 Å². The summed E-state index contributed by atoms with van der Waals surface area (Å²) >= 11 is 0. The van der Waals surface area contributed by atoms with Gasteiger partial charge in [-0.3, -0.25) is 9.59 Å².